The monoisotopic (exact) mass is 205 g/mol. The molecule has 0 aliphatic carbocycles. The topological polar surface area (TPSA) is 50.2 Å². The Balaban J connectivity index is 2.88. The van der Waals surface area contributed by atoms with Gasteiger partial charge in [0.2, 0.25) is 0 Å². The van der Waals surface area contributed by atoms with Crippen LogP contribution in [0.4, 0.5) is 0 Å². The van der Waals surface area contributed by atoms with Crippen LogP contribution in [0.1, 0.15) is 21.8 Å². The predicted molar refractivity (Wildman–Crippen MR) is 37.5 cm³/mol. The standard InChI is InChI=1S/C6H7NO2Se/c1-2-4-3-5(6(8)9)7-10-4/h3H,2H2,1H3,(H,8,9). The van der Waals surface area contributed by atoms with Gasteiger partial charge in [0.05, 0.1) is 0 Å². The molecule has 10 heavy (non-hydrogen) atoms. The summed E-state index contributed by atoms with van der Waals surface area (Å²) >= 11 is 0.0580. The third kappa shape index (κ3) is 1.46. The first-order valence-corrected chi connectivity index (χ1v) is 4.55. The molecule has 0 aliphatic heterocycles. The molecule has 1 aromatic heterocycles. The van der Waals surface area contributed by atoms with Crippen molar-refractivity contribution in [3.8, 4) is 0 Å². The first-order chi connectivity index (χ1) is 4.74. The van der Waals surface area contributed by atoms with Gasteiger partial charge in [-0.05, 0) is 0 Å². The maximum atomic E-state index is 10.3. The molecule has 0 unspecified atom stereocenters. The number of rotatable bonds is 2. The van der Waals surface area contributed by atoms with Crippen LogP contribution < -0.4 is 0 Å². The van der Waals surface area contributed by atoms with Crippen molar-refractivity contribution >= 4 is 20.7 Å². The minimum atomic E-state index is -0.912. The normalized spacial score (nSPS) is 9.70. The Morgan fingerprint density at radius 3 is 2.90 bits per heavy atom. The second-order valence-electron chi connectivity index (χ2n) is 1.84. The summed E-state index contributed by atoms with van der Waals surface area (Å²) in [4.78, 5) is 10.3. The number of carbonyl (C=O) groups is 1. The summed E-state index contributed by atoms with van der Waals surface area (Å²) in [6.45, 7) is 2.01. The summed E-state index contributed by atoms with van der Waals surface area (Å²) in [5.74, 6) is -0.912. The van der Waals surface area contributed by atoms with Gasteiger partial charge in [-0.2, -0.15) is 0 Å². The minimum absolute atomic E-state index is 0.0580. The van der Waals surface area contributed by atoms with Crippen LogP contribution in [0.15, 0.2) is 6.07 Å². The number of aromatic nitrogens is 1. The van der Waals surface area contributed by atoms with Crippen molar-refractivity contribution in [2.45, 2.75) is 13.3 Å². The van der Waals surface area contributed by atoms with E-state index in [-0.39, 0.29) is 20.4 Å². The molecule has 1 rings (SSSR count). The Bertz CT molecular complexity index is 244. The van der Waals surface area contributed by atoms with Crippen LogP contribution in [-0.4, -0.2) is 29.8 Å². The summed E-state index contributed by atoms with van der Waals surface area (Å²) < 4.78 is 5.03. The van der Waals surface area contributed by atoms with E-state index in [0.717, 1.165) is 10.9 Å². The quantitative estimate of drug-likeness (QED) is 0.709. The summed E-state index contributed by atoms with van der Waals surface area (Å²) in [6, 6.07) is 1.67. The number of aryl methyl sites for hydroxylation is 1. The van der Waals surface area contributed by atoms with Gasteiger partial charge in [-0.1, -0.05) is 0 Å². The van der Waals surface area contributed by atoms with Crippen LogP contribution in [0.5, 0.6) is 0 Å². The van der Waals surface area contributed by atoms with Crippen molar-refractivity contribution in [3.63, 3.8) is 0 Å². The molecule has 0 saturated heterocycles. The molecule has 4 heteroatoms. The van der Waals surface area contributed by atoms with E-state index >= 15 is 0 Å². The number of carboxylic acids is 1. The van der Waals surface area contributed by atoms with E-state index in [1.54, 1.807) is 6.07 Å². The van der Waals surface area contributed by atoms with Crippen molar-refractivity contribution in [1.82, 2.24) is 3.98 Å². The van der Waals surface area contributed by atoms with Crippen LogP contribution in [0.3, 0.4) is 0 Å². The molecule has 1 aromatic rings. The van der Waals surface area contributed by atoms with Crippen LogP contribution in [0, 0.1) is 0 Å². The average Bonchev–Trinajstić information content (AvgIpc) is 2.34. The van der Waals surface area contributed by atoms with Gasteiger partial charge in [-0.3, -0.25) is 0 Å². The molecule has 0 bridgehead atoms. The zero-order chi connectivity index (χ0) is 7.56. The molecule has 1 heterocycles. The van der Waals surface area contributed by atoms with Crippen LogP contribution in [-0.2, 0) is 6.42 Å². The third-order valence-corrected chi connectivity index (χ3v) is 3.08. The Morgan fingerprint density at radius 1 is 1.90 bits per heavy atom. The van der Waals surface area contributed by atoms with Crippen molar-refractivity contribution < 1.29 is 9.90 Å². The Hall–Kier alpha value is -0.601. The fourth-order valence-electron chi connectivity index (χ4n) is 0.580. The van der Waals surface area contributed by atoms with Gasteiger partial charge in [0.1, 0.15) is 0 Å². The number of carboxylic acid groups (broad SMARTS) is 1. The van der Waals surface area contributed by atoms with Gasteiger partial charge in [0.15, 0.2) is 0 Å². The van der Waals surface area contributed by atoms with Gasteiger partial charge in [0.25, 0.3) is 0 Å². The van der Waals surface area contributed by atoms with Gasteiger partial charge in [0, 0.05) is 0 Å². The van der Waals surface area contributed by atoms with E-state index in [1.807, 2.05) is 6.92 Å². The van der Waals surface area contributed by atoms with Gasteiger partial charge >= 0.3 is 64.1 Å². The number of hydrogen-bond donors (Lipinski definition) is 1. The fraction of sp³-hybridized carbons (Fsp3) is 0.333. The molecule has 0 fully saturated rings. The maximum absolute atomic E-state index is 10.3. The third-order valence-electron chi connectivity index (χ3n) is 1.13. The van der Waals surface area contributed by atoms with Crippen LogP contribution >= 0.6 is 0 Å². The second kappa shape index (κ2) is 2.99. The second-order valence-corrected chi connectivity index (χ2v) is 3.70. The molecular weight excluding hydrogens is 197 g/mol. The zero-order valence-electron chi connectivity index (χ0n) is 5.50. The van der Waals surface area contributed by atoms with E-state index in [0.29, 0.717) is 0 Å². The predicted octanol–water partition coefficient (Wildman–Crippen LogP) is 0.399. The van der Waals surface area contributed by atoms with E-state index < -0.39 is 5.97 Å². The average molecular weight is 204 g/mol. The van der Waals surface area contributed by atoms with Crippen molar-refractivity contribution in [3.05, 3.63) is 16.2 Å². The molecule has 0 amide bonds. The number of hydrogen-bond acceptors (Lipinski definition) is 2. The summed E-state index contributed by atoms with van der Waals surface area (Å²) in [5, 5.41) is 8.46. The molecule has 3 nitrogen and oxygen atoms in total. The van der Waals surface area contributed by atoms with Gasteiger partial charge < -0.3 is 0 Å². The van der Waals surface area contributed by atoms with Crippen molar-refractivity contribution in [2.75, 3.05) is 0 Å². The zero-order valence-corrected chi connectivity index (χ0v) is 7.21. The van der Waals surface area contributed by atoms with E-state index in [9.17, 15) is 4.79 Å². The Kier molecular flexibility index (Phi) is 2.25. The van der Waals surface area contributed by atoms with E-state index in [1.165, 1.54) is 0 Å². The van der Waals surface area contributed by atoms with Crippen molar-refractivity contribution in [2.24, 2.45) is 0 Å². The Labute approximate surface area is 64.7 Å². The molecule has 0 saturated carbocycles. The molecule has 0 aliphatic rings. The summed E-state index contributed by atoms with van der Waals surface area (Å²) in [6.07, 6.45) is 0.917. The molecule has 54 valence electrons. The van der Waals surface area contributed by atoms with Gasteiger partial charge in [-0.25, -0.2) is 0 Å². The Morgan fingerprint density at radius 2 is 2.60 bits per heavy atom. The molecule has 0 radical (unpaired) electrons. The van der Waals surface area contributed by atoms with E-state index in [2.05, 4.69) is 3.98 Å². The fourth-order valence-corrected chi connectivity index (χ4v) is 1.92. The molecule has 0 atom stereocenters. The summed E-state index contributed by atoms with van der Waals surface area (Å²) in [5.41, 5.74) is 0.219. The molecule has 0 spiro atoms. The molecule has 0 aromatic carbocycles. The number of aromatic carboxylic acids is 1. The van der Waals surface area contributed by atoms with Crippen LogP contribution in [0.25, 0.3) is 0 Å². The number of nitrogens with zero attached hydrogens (tertiary/aromatic N) is 1. The van der Waals surface area contributed by atoms with Gasteiger partial charge in [-0.15, -0.1) is 0 Å². The van der Waals surface area contributed by atoms with E-state index in [4.69, 9.17) is 5.11 Å². The summed E-state index contributed by atoms with van der Waals surface area (Å²) in [7, 11) is 0. The first kappa shape index (κ1) is 7.51. The van der Waals surface area contributed by atoms with Crippen LogP contribution in [0.2, 0.25) is 0 Å². The van der Waals surface area contributed by atoms with Crippen molar-refractivity contribution in [1.29, 1.82) is 0 Å². The first-order valence-electron chi connectivity index (χ1n) is 2.93. The SMILES string of the molecule is CCc1cc(C(=O)O)n[se]1. The molecular formula is C6H7NO2Se. The molecule has 1 N–H and O–H groups in total.